The lowest BCUT2D eigenvalue weighted by Gasteiger charge is -2.42. The number of anilines is 2. The number of aliphatic carboxylic acids is 1. The Hall–Kier alpha value is -13.0. The molecule has 8 aromatic rings. The average molecular weight is 1800 g/mol. The van der Waals surface area contributed by atoms with Crippen molar-refractivity contribution in [1.29, 1.82) is 0 Å². The summed E-state index contributed by atoms with van der Waals surface area (Å²) in [6.07, 6.45) is -25.4. The van der Waals surface area contributed by atoms with Crippen molar-refractivity contribution >= 4 is 93.1 Å². The molecule has 52 heteroatoms. The van der Waals surface area contributed by atoms with Gasteiger partial charge in [0, 0.05) is 67.0 Å². The average Bonchev–Trinajstić information content (AvgIpc) is 0.856. The summed E-state index contributed by atoms with van der Waals surface area (Å²) in [7, 11) is 0. The number of nitrogens with zero attached hydrogens (tertiary/aromatic N) is 10. The molecule has 0 aromatic carbocycles. The standard InChI is InChI=1S/2C21H17F7N4O4.C20H16F4N6O5.C11H10FNO5/c2*1-8-12(16(33)19(35)31-20(6-36-7-20)21(26,27)28)11-4-9(22)5-32(11)15(8)18(34)30-10-2-3-29-14(13(10)23)17(24)25;1-9-13(15(31)17(32)26-19(7-34-8-19)20(22,23)24)12-5-10(21)6-29(12)14(9)18(33)35-30-16-11(27-28-30)3-2-4-25-16;1-4-7(9(14)11(17)18)6-2-5(12)3-13(6)8(4)10(15)16/h2*2-3,9,17H,4-7H2,1H3,(H,31,35)(H,29,30,34);2-4,10H,5-8H2,1H3,(H,26,32);5H,2-3H2,1H3,(H,15,16)(H,17,18)/t2*9-;10-;5-/m1111/s1. The number of ketones is 4. The number of ether oxygens (including phenoxy) is 3. The van der Waals surface area contributed by atoms with E-state index < -0.39 is 254 Å². The molecule has 33 nitrogen and oxygen atoms in total. The van der Waals surface area contributed by atoms with Crippen LogP contribution in [0, 0.1) is 39.3 Å². The summed E-state index contributed by atoms with van der Waals surface area (Å²) in [5.74, 6) is -19.5. The van der Waals surface area contributed by atoms with Gasteiger partial charge < -0.3 is 74.1 Å². The number of pyridine rings is 3. The number of fused-ring (bicyclic) bond motifs is 5. The fraction of sp³-hybridized carbons (Fsp3) is 0.411. The van der Waals surface area contributed by atoms with Crippen LogP contribution in [0.4, 0.5) is 94.8 Å². The van der Waals surface area contributed by atoms with Gasteiger partial charge in [-0.3, -0.25) is 53.1 Å². The number of carboxylic acid groups (broad SMARTS) is 2. The van der Waals surface area contributed by atoms with Gasteiger partial charge >= 0.3 is 36.4 Å². The van der Waals surface area contributed by atoms with Gasteiger partial charge in [-0.05, 0) is 84.3 Å². The molecule has 0 spiro atoms. The first-order valence-corrected chi connectivity index (χ1v) is 36.3. The lowest BCUT2D eigenvalue weighted by molar-refractivity contribution is -0.265. The monoisotopic (exact) mass is 1800 g/mol. The van der Waals surface area contributed by atoms with E-state index in [4.69, 9.17) is 15.1 Å². The number of carboxylic acids is 2. The number of aromatic carboxylic acids is 1. The lowest BCUT2D eigenvalue weighted by Crippen LogP contribution is -2.71. The van der Waals surface area contributed by atoms with Crippen LogP contribution < -0.4 is 31.4 Å². The predicted molar refractivity (Wildman–Crippen MR) is 377 cm³/mol. The largest absolute Gasteiger partial charge is 0.477 e. The van der Waals surface area contributed by atoms with Crippen molar-refractivity contribution in [3.8, 4) is 0 Å². The predicted octanol–water partition coefficient (Wildman–Crippen LogP) is 7.48. The summed E-state index contributed by atoms with van der Waals surface area (Å²) in [5, 5.41) is 34.3. The maximum absolute atomic E-state index is 14.3. The zero-order valence-corrected chi connectivity index (χ0v) is 64.0. The molecule has 7 aliphatic rings. The van der Waals surface area contributed by atoms with Crippen molar-refractivity contribution in [2.45, 2.75) is 152 Å². The molecule has 5 amide bonds. The molecule has 0 radical (unpaired) electrons. The lowest BCUT2D eigenvalue weighted by atomic mass is 9.95. The van der Waals surface area contributed by atoms with Gasteiger partial charge in [0.2, 0.25) is 5.65 Å². The van der Waals surface area contributed by atoms with E-state index in [1.54, 1.807) is 28.1 Å². The summed E-state index contributed by atoms with van der Waals surface area (Å²) in [6.45, 7) is -1.55. The highest BCUT2D eigenvalue weighted by Gasteiger charge is 2.64. The molecule has 15 heterocycles. The van der Waals surface area contributed by atoms with Crippen molar-refractivity contribution in [1.82, 2.24) is 64.3 Å². The van der Waals surface area contributed by atoms with E-state index in [0.717, 1.165) is 38.5 Å². The third-order valence-corrected chi connectivity index (χ3v) is 21.1. The highest BCUT2D eigenvalue weighted by molar-refractivity contribution is 6.45. The van der Waals surface area contributed by atoms with Crippen molar-refractivity contribution in [2.24, 2.45) is 0 Å². The number of Topliss-reactive ketones (excluding diaryl/α,β-unsaturated/α-hetero) is 4. The van der Waals surface area contributed by atoms with Crippen LogP contribution in [0.1, 0.15) is 153 Å². The van der Waals surface area contributed by atoms with Gasteiger partial charge in [0.25, 0.3) is 65.5 Å². The first kappa shape index (κ1) is 91.2. The molecule has 125 heavy (non-hydrogen) atoms. The Bertz CT molecular complexity index is 5630. The number of alkyl halides is 17. The maximum Gasteiger partial charge on any atom is 0.416 e. The van der Waals surface area contributed by atoms with Crippen molar-refractivity contribution < 1.29 is 170 Å². The Morgan fingerprint density at radius 1 is 0.464 bits per heavy atom. The molecule has 8 aromatic heterocycles. The minimum Gasteiger partial charge on any atom is -0.477 e. The van der Waals surface area contributed by atoms with E-state index in [1.807, 2.05) is 0 Å². The second-order valence-corrected chi connectivity index (χ2v) is 29.1. The Morgan fingerprint density at radius 3 is 1.10 bits per heavy atom. The summed E-state index contributed by atoms with van der Waals surface area (Å²) in [4.78, 5) is 165. The van der Waals surface area contributed by atoms with E-state index in [0.29, 0.717) is 5.52 Å². The number of rotatable bonds is 20. The van der Waals surface area contributed by atoms with Crippen LogP contribution >= 0.6 is 0 Å². The van der Waals surface area contributed by atoms with Crippen LogP contribution in [-0.2, 0) is 85.3 Å². The smallest absolute Gasteiger partial charge is 0.416 e. The third kappa shape index (κ3) is 16.7. The number of halogens is 19. The first-order chi connectivity index (χ1) is 58.4. The van der Waals surface area contributed by atoms with Crippen molar-refractivity contribution in [3.05, 3.63) is 156 Å². The van der Waals surface area contributed by atoms with E-state index in [9.17, 15) is 141 Å². The normalized spacial score (nSPS) is 18.4. The Kier molecular flexibility index (Phi) is 24.7. The molecular weight excluding hydrogens is 1740 g/mol. The Labute approximate surface area is 684 Å². The molecule has 7 N–H and O–H groups in total. The summed E-state index contributed by atoms with van der Waals surface area (Å²) < 4.78 is 275. The van der Waals surface area contributed by atoms with E-state index in [2.05, 4.69) is 50.1 Å². The van der Waals surface area contributed by atoms with E-state index in [1.165, 1.54) is 43.0 Å². The number of nitrogens with one attached hydrogen (secondary N) is 5. The van der Waals surface area contributed by atoms with Gasteiger partial charge in [-0.1, -0.05) is 0 Å². The fourth-order valence-electron chi connectivity index (χ4n) is 14.9. The first-order valence-electron chi connectivity index (χ1n) is 36.3. The second-order valence-electron chi connectivity index (χ2n) is 29.1. The van der Waals surface area contributed by atoms with Crippen LogP contribution in [0.2, 0.25) is 0 Å². The van der Waals surface area contributed by atoms with E-state index in [-0.39, 0.29) is 111 Å². The summed E-state index contributed by atoms with van der Waals surface area (Å²) >= 11 is 0. The molecule has 668 valence electrons. The number of aromatic nitrogens is 10. The Morgan fingerprint density at radius 2 is 0.784 bits per heavy atom. The summed E-state index contributed by atoms with van der Waals surface area (Å²) in [6, 6.07) is 4.97. The van der Waals surface area contributed by atoms with Crippen LogP contribution in [0.25, 0.3) is 11.2 Å². The fourth-order valence-corrected chi connectivity index (χ4v) is 14.9. The molecule has 3 fully saturated rings. The molecule has 0 saturated carbocycles. The van der Waals surface area contributed by atoms with Gasteiger partial charge in [0.1, 0.15) is 64.4 Å². The number of amides is 5. The zero-order chi connectivity index (χ0) is 91.9. The van der Waals surface area contributed by atoms with Gasteiger partial charge in [0.15, 0.2) is 28.3 Å². The zero-order valence-electron chi connectivity index (χ0n) is 64.0. The van der Waals surface area contributed by atoms with Crippen molar-refractivity contribution in [2.75, 3.05) is 50.3 Å². The quantitative estimate of drug-likeness (QED) is 0.0168. The number of hydrogen-bond acceptors (Lipinski definition) is 21. The van der Waals surface area contributed by atoms with Crippen LogP contribution in [0.5, 0.6) is 0 Å². The second kappa shape index (κ2) is 33.9. The van der Waals surface area contributed by atoms with Crippen LogP contribution in [0.15, 0.2) is 42.9 Å². The molecule has 3 saturated heterocycles. The van der Waals surface area contributed by atoms with Gasteiger partial charge in [-0.2, -0.15) is 39.5 Å². The molecule has 15 rings (SSSR count). The number of carbonyl (C=O) groups excluding carboxylic acids is 10. The SMILES string of the molecule is Cc1c(C(=O)C(=O)NC2(C(F)(F)F)COC2)c2n(c1C(=O)Nc1ccnc(C(F)F)c1F)C[C@H](F)C2.Cc1c(C(=O)C(=O)NC2(C(F)(F)F)COC2)c2n(c1C(=O)Nc1ccnc(C(F)F)c1F)C[C@H](F)C2.Cc1c(C(=O)C(=O)NC2(C(F)(F)F)COC2)c2n(c1C(=O)On1nnc3cccnc31)C[C@H](F)C2.Cc1c(C(=O)C(=O)O)c2n(c1C(=O)O)C[C@H](F)C2. The molecule has 7 aliphatic heterocycles. The van der Waals surface area contributed by atoms with Gasteiger partial charge in [0.05, 0.1) is 99.4 Å². The third-order valence-electron chi connectivity index (χ3n) is 21.1. The topological polar surface area (TPSA) is 431 Å². The number of hydrogen-bond donors (Lipinski definition) is 7. The summed E-state index contributed by atoms with van der Waals surface area (Å²) in [5.41, 5.74) is -14.6. The highest BCUT2D eigenvalue weighted by atomic mass is 19.4. The highest BCUT2D eigenvalue weighted by Crippen LogP contribution is 2.43. The van der Waals surface area contributed by atoms with Crippen LogP contribution in [0.3, 0.4) is 0 Å². The van der Waals surface area contributed by atoms with Gasteiger partial charge in [-0.25, -0.2) is 63.3 Å². The van der Waals surface area contributed by atoms with Crippen molar-refractivity contribution in [3.63, 3.8) is 0 Å². The molecule has 0 bridgehead atoms. The minimum absolute atomic E-state index is 0.00888. The maximum atomic E-state index is 14.3. The van der Waals surface area contributed by atoms with E-state index >= 15 is 0 Å². The van der Waals surface area contributed by atoms with Gasteiger partial charge in [-0.15, -0.1) is 5.10 Å². The molecular formula is C73H60F19N15O18. The van der Waals surface area contributed by atoms with Crippen LogP contribution in [-0.4, -0.2) is 229 Å². The number of carbonyl (C=O) groups is 12. The molecule has 4 atom stereocenters. The molecule has 0 unspecified atom stereocenters. The molecule has 0 aliphatic carbocycles. The minimum atomic E-state index is -4.92. The Balaban J connectivity index is 0.000000156.